The van der Waals surface area contributed by atoms with E-state index in [2.05, 4.69) is 0 Å². The second-order valence-corrected chi connectivity index (χ2v) is 8.36. The Balaban J connectivity index is 1.78. The third-order valence-electron chi connectivity index (χ3n) is 4.17. The summed E-state index contributed by atoms with van der Waals surface area (Å²) in [5, 5.41) is 0. The molecule has 0 spiro atoms. The minimum absolute atomic E-state index is 0.109. The predicted molar refractivity (Wildman–Crippen MR) is 96.5 cm³/mol. The van der Waals surface area contributed by atoms with Crippen molar-refractivity contribution < 1.29 is 17.9 Å². The quantitative estimate of drug-likeness (QED) is 0.835. The average Bonchev–Trinajstić information content (AvgIpc) is 2.56. The topological polar surface area (TPSA) is 55.8 Å². The minimum atomic E-state index is -3.53. The number of ether oxygens (including phenoxy) is 2. The first-order valence-electron chi connectivity index (χ1n) is 8.35. The number of rotatable bonds is 4. The molecule has 2 aromatic rings. The summed E-state index contributed by atoms with van der Waals surface area (Å²) >= 11 is 0. The summed E-state index contributed by atoms with van der Waals surface area (Å²) < 4.78 is 38.6. The molecule has 1 heterocycles. The summed E-state index contributed by atoms with van der Waals surface area (Å²) in [7, 11) is -3.53. The fourth-order valence-corrected chi connectivity index (χ4v) is 4.54. The van der Waals surface area contributed by atoms with Gasteiger partial charge in [0.25, 0.3) is 0 Å². The van der Waals surface area contributed by atoms with Gasteiger partial charge in [0.05, 0.1) is 17.1 Å². The lowest BCUT2D eigenvalue weighted by Gasteiger charge is -2.34. The van der Waals surface area contributed by atoms with Gasteiger partial charge in [-0.3, -0.25) is 0 Å². The molecular formula is C19H23NO4S. The Morgan fingerprint density at radius 2 is 1.60 bits per heavy atom. The van der Waals surface area contributed by atoms with E-state index in [1.807, 2.05) is 45.0 Å². The van der Waals surface area contributed by atoms with E-state index in [0.29, 0.717) is 18.8 Å². The zero-order chi connectivity index (χ0) is 18.0. The van der Waals surface area contributed by atoms with Gasteiger partial charge in [-0.1, -0.05) is 18.2 Å². The molecule has 0 N–H and O–H groups in total. The van der Waals surface area contributed by atoms with Gasteiger partial charge in [0.2, 0.25) is 10.0 Å². The third kappa shape index (κ3) is 4.03. The van der Waals surface area contributed by atoms with Gasteiger partial charge in [0.15, 0.2) is 0 Å². The Morgan fingerprint density at radius 1 is 1.00 bits per heavy atom. The maximum atomic E-state index is 12.8. The lowest BCUT2D eigenvalue weighted by molar-refractivity contribution is -0.0440. The summed E-state index contributed by atoms with van der Waals surface area (Å²) in [6, 6.07) is 14.3. The molecule has 0 saturated carbocycles. The lowest BCUT2D eigenvalue weighted by atomic mass is 10.2. The number of hydrogen-bond donors (Lipinski definition) is 0. The Labute approximate surface area is 149 Å². The SMILES string of the molecule is Cc1ccccc1Oc1ccc(S(=O)(=O)N2C[C@@H](C)O[C@@H](C)C2)cc1. The van der Waals surface area contributed by atoms with Gasteiger partial charge in [-0.15, -0.1) is 0 Å². The van der Waals surface area contributed by atoms with Crippen molar-refractivity contribution in [1.82, 2.24) is 4.31 Å². The number of morpholine rings is 1. The highest BCUT2D eigenvalue weighted by molar-refractivity contribution is 7.89. The van der Waals surface area contributed by atoms with Gasteiger partial charge in [-0.2, -0.15) is 4.31 Å². The van der Waals surface area contributed by atoms with Gasteiger partial charge >= 0.3 is 0 Å². The maximum absolute atomic E-state index is 12.8. The van der Waals surface area contributed by atoms with Crippen LogP contribution in [0.5, 0.6) is 11.5 Å². The van der Waals surface area contributed by atoms with E-state index < -0.39 is 10.0 Å². The van der Waals surface area contributed by atoms with Crippen molar-refractivity contribution in [2.24, 2.45) is 0 Å². The minimum Gasteiger partial charge on any atom is -0.457 e. The lowest BCUT2D eigenvalue weighted by Crippen LogP contribution is -2.48. The zero-order valence-corrected chi connectivity index (χ0v) is 15.5. The molecule has 1 aliphatic rings. The highest BCUT2D eigenvalue weighted by Gasteiger charge is 2.32. The van der Waals surface area contributed by atoms with E-state index >= 15 is 0 Å². The summed E-state index contributed by atoms with van der Waals surface area (Å²) in [4.78, 5) is 0.269. The molecule has 5 nitrogen and oxygen atoms in total. The van der Waals surface area contributed by atoms with E-state index in [-0.39, 0.29) is 17.1 Å². The van der Waals surface area contributed by atoms with Crippen LogP contribution in [0.4, 0.5) is 0 Å². The van der Waals surface area contributed by atoms with Gasteiger partial charge in [-0.25, -0.2) is 8.42 Å². The van der Waals surface area contributed by atoms with E-state index in [9.17, 15) is 8.42 Å². The molecular weight excluding hydrogens is 338 g/mol. The van der Waals surface area contributed by atoms with Gasteiger partial charge < -0.3 is 9.47 Å². The smallest absolute Gasteiger partial charge is 0.243 e. The predicted octanol–water partition coefficient (Wildman–Crippen LogP) is 3.59. The molecule has 0 aromatic heterocycles. The Kier molecular flexibility index (Phi) is 5.13. The number of benzene rings is 2. The van der Waals surface area contributed by atoms with Gasteiger partial charge in [0.1, 0.15) is 11.5 Å². The molecule has 0 bridgehead atoms. The van der Waals surface area contributed by atoms with Crippen molar-refractivity contribution >= 4 is 10.0 Å². The van der Waals surface area contributed by atoms with Crippen molar-refractivity contribution in [2.75, 3.05) is 13.1 Å². The van der Waals surface area contributed by atoms with Crippen LogP contribution in [0, 0.1) is 6.92 Å². The number of nitrogens with zero attached hydrogens (tertiary/aromatic N) is 1. The Hall–Kier alpha value is -1.89. The molecule has 0 amide bonds. The van der Waals surface area contributed by atoms with E-state index in [0.717, 1.165) is 11.3 Å². The number of aryl methyl sites for hydroxylation is 1. The molecule has 2 aromatic carbocycles. The van der Waals surface area contributed by atoms with E-state index in [4.69, 9.17) is 9.47 Å². The first-order chi connectivity index (χ1) is 11.9. The van der Waals surface area contributed by atoms with Crippen LogP contribution < -0.4 is 4.74 Å². The molecule has 25 heavy (non-hydrogen) atoms. The van der Waals surface area contributed by atoms with Crippen LogP contribution in [0.3, 0.4) is 0 Å². The fraction of sp³-hybridized carbons (Fsp3) is 0.368. The summed E-state index contributed by atoms with van der Waals surface area (Å²) in [5.74, 6) is 1.37. The highest BCUT2D eigenvalue weighted by Crippen LogP contribution is 2.27. The van der Waals surface area contributed by atoms with Crippen LogP contribution >= 0.6 is 0 Å². The maximum Gasteiger partial charge on any atom is 0.243 e. The molecule has 1 aliphatic heterocycles. The van der Waals surface area contributed by atoms with Crippen LogP contribution in [0.25, 0.3) is 0 Å². The Morgan fingerprint density at radius 3 is 2.20 bits per heavy atom. The molecule has 134 valence electrons. The molecule has 3 rings (SSSR count). The van der Waals surface area contributed by atoms with E-state index in [1.54, 1.807) is 24.3 Å². The Bertz CT molecular complexity index is 823. The monoisotopic (exact) mass is 361 g/mol. The first kappa shape index (κ1) is 17.9. The molecule has 1 fully saturated rings. The molecule has 0 aliphatic carbocycles. The number of sulfonamides is 1. The summed E-state index contributed by atoms with van der Waals surface area (Å²) in [6.45, 7) is 6.48. The fourth-order valence-electron chi connectivity index (χ4n) is 2.95. The molecule has 6 heteroatoms. The van der Waals surface area contributed by atoms with Gasteiger partial charge in [-0.05, 0) is 56.7 Å². The van der Waals surface area contributed by atoms with Crippen LogP contribution in [-0.2, 0) is 14.8 Å². The summed E-state index contributed by atoms with van der Waals surface area (Å²) in [6.07, 6.45) is -0.218. The van der Waals surface area contributed by atoms with Crippen LogP contribution in [0.2, 0.25) is 0 Å². The number of hydrogen-bond acceptors (Lipinski definition) is 4. The average molecular weight is 361 g/mol. The molecule has 0 unspecified atom stereocenters. The second-order valence-electron chi connectivity index (χ2n) is 6.42. The van der Waals surface area contributed by atoms with Crippen LogP contribution in [0.15, 0.2) is 53.4 Å². The largest absolute Gasteiger partial charge is 0.457 e. The van der Waals surface area contributed by atoms with Crippen molar-refractivity contribution in [3.8, 4) is 11.5 Å². The molecule has 1 saturated heterocycles. The zero-order valence-electron chi connectivity index (χ0n) is 14.7. The van der Waals surface area contributed by atoms with Crippen molar-refractivity contribution in [1.29, 1.82) is 0 Å². The van der Waals surface area contributed by atoms with Crippen molar-refractivity contribution in [3.63, 3.8) is 0 Å². The summed E-state index contributed by atoms with van der Waals surface area (Å²) in [5.41, 5.74) is 1.02. The third-order valence-corrected chi connectivity index (χ3v) is 6.01. The normalized spacial score (nSPS) is 21.9. The highest BCUT2D eigenvalue weighted by atomic mass is 32.2. The van der Waals surface area contributed by atoms with E-state index in [1.165, 1.54) is 4.31 Å². The van der Waals surface area contributed by atoms with Crippen molar-refractivity contribution in [3.05, 3.63) is 54.1 Å². The standard InChI is InChI=1S/C19H23NO4S/c1-14-6-4-5-7-19(14)24-17-8-10-18(11-9-17)25(21,22)20-12-15(2)23-16(3)13-20/h4-11,15-16H,12-13H2,1-3H3/t15-,16+. The van der Waals surface area contributed by atoms with Crippen molar-refractivity contribution in [2.45, 2.75) is 37.9 Å². The van der Waals surface area contributed by atoms with Gasteiger partial charge in [0, 0.05) is 13.1 Å². The molecule has 0 radical (unpaired) electrons. The number of para-hydroxylation sites is 1. The second kappa shape index (κ2) is 7.15. The molecule has 2 atom stereocenters. The van der Waals surface area contributed by atoms with Crippen LogP contribution in [0.1, 0.15) is 19.4 Å². The van der Waals surface area contributed by atoms with Crippen LogP contribution in [-0.4, -0.2) is 38.0 Å². The first-order valence-corrected chi connectivity index (χ1v) is 9.79.